The Bertz CT molecular complexity index is 708. The Hall–Kier alpha value is -1.67. The molecule has 1 aliphatic rings. The molecule has 2 aromatic heterocycles. The fourth-order valence-electron chi connectivity index (χ4n) is 2.74. The zero-order valence-corrected chi connectivity index (χ0v) is 13.3. The van der Waals surface area contributed by atoms with Crippen LogP contribution in [0.3, 0.4) is 0 Å². The lowest BCUT2D eigenvalue weighted by Gasteiger charge is -2.25. The zero-order chi connectivity index (χ0) is 15.6. The van der Waals surface area contributed by atoms with Gasteiger partial charge in [-0.1, -0.05) is 12.1 Å². The van der Waals surface area contributed by atoms with Crippen LogP contribution in [0.2, 0.25) is 0 Å². The standard InChI is InChI=1S/C14H19N3O4S/c1-2-5-17(12-4-7-22(18,19)10-12)8-13-15-14(16-21-13)11-3-6-20-9-11/h3,6,9,12H,2,4-5,7-8,10H2,1H3. The van der Waals surface area contributed by atoms with E-state index in [4.69, 9.17) is 8.94 Å². The topological polar surface area (TPSA) is 89.4 Å². The van der Waals surface area contributed by atoms with E-state index >= 15 is 0 Å². The predicted octanol–water partition coefficient (Wildman–Crippen LogP) is 1.73. The van der Waals surface area contributed by atoms with Crippen molar-refractivity contribution in [3.8, 4) is 11.4 Å². The predicted molar refractivity (Wildman–Crippen MR) is 79.8 cm³/mol. The minimum atomic E-state index is -2.90. The maximum atomic E-state index is 11.7. The largest absolute Gasteiger partial charge is 0.472 e. The molecule has 0 saturated carbocycles. The molecule has 0 bridgehead atoms. The molecule has 8 heteroatoms. The summed E-state index contributed by atoms with van der Waals surface area (Å²) in [6.45, 7) is 3.35. The van der Waals surface area contributed by atoms with Gasteiger partial charge in [0.1, 0.15) is 6.26 Å². The van der Waals surface area contributed by atoms with Crippen LogP contribution in [-0.2, 0) is 16.4 Å². The lowest BCUT2D eigenvalue weighted by atomic mass is 10.2. The first-order valence-electron chi connectivity index (χ1n) is 7.37. The molecule has 1 saturated heterocycles. The fourth-order valence-corrected chi connectivity index (χ4v) is 4.50. The van der Waals surface area contributed by atoms with Gasteiger partial charge in [0.15, 0.2) is 9.84 Å². The van der Waals surface area contributed by atoms with Crippen molar-refractivity contribution in [1.82, 2.24) is 15.0 Å². The van der Waals surface area contributed by atoms with Crippen molar-refractivity contribution < 1.29 is 17.4 Å². The molecule has 22 heavy (non-hydrogen) atoms. The highest BCUT2D eigenvalue weighted by Gasteiger charge is 2.32. The third kappa shape index (κ3) is 3.38. The smallest absolute Gasteiger partial charge is 0.241 e. The zero-order valence-electron chi connectivity index (χ0n) is 12.4. The molecule has 1 atom stereocenters. The Kier molecular flexibility index (Phi) is 4.30. The SMILES string of the molecule is CCCN(Cc1nc(-c2ccoc2)no1)C1CCS(=O)(=O)C1. The van der Waals surface area contributed by atoms with Crippen LogP contribution in [0, 0.1) is 0 Å². The fraction of sp³-hybridized carbons (Fsp3) is 0.571. The van der Waals surface area contributed by atoms with Crippen LogP contribution in [0.4, 0.5) is 0 Å². The Morgan fingerprint density at radius 2 is 2.32 bits per heavy atom. The van der Waals surface area contributed by atoms with E-state index in [0.29, 0.717) is 24.7 Å². The summed E-state index contributed by atoms with van der Waals surface area (Å²) in [5.41, 5.74) is 0.764. The van der Waals surface area contributed by atoms with E-state index in [2.05, 4.69) is 22.0 Å². The maximum Gasteiger partial charge on any atom is 0.241 e. The number of rotatable bonds is 6. The number of sulfone groups is 1. The van der Waals surface area contributed by atoms with Crippen molar-refractivity contribution in [2.75, 3.05) is 18.1 Å². The molecule has 120 valence electrons. The van der Waals surface area contributed by atoms with Crippen LogP contribution in [-0.4, -0.2) is 47.6 Å². The summed E-state index contributed by atoms with van der Waals surface area (Å²) in [6.07, 6.45) is 4.73. The van der Waals surface area contributed by atoms with Crippen molar-refractivity contribution in [3.63, 3.8) is 0 Å². The summed E-state index contributed by atoms with van der Waals surface area (Å²) < 4.78 is 33.6. The van der Waals surface area contributed by atoms with Crippen molar-refractivity contribution in [1.29, 1.82) is 0 Å². The van der Waals surface area contributed by atoms with E-state index in [1.54, 1.807) is 18.6 Å². The van der Waals surface area contributed by atoms with Crippen LogP contribution in [0.1, 0.15) is 25.7 Å². The first kappa shape index (κ1) is 15.2. The molecule has 7 nitrogen and oxygen atoms in total. The molecule has 0 amide bonds. The molecular weight excluding hydrogens is 306 g/mol. The highest BCUT2D eigenvalue weighted by Crippen LogP contribution is 2.21. The molecule has 1 aliphatic heterocycles. The summed E-state index contributed by atoms with van der Waals surface area (Å²) in [4.78, 5) is 6.48. The number of aromatic nitrogens is 2. The Labute approximate surface area is 129 Å². The van der Waals surface area contributed by atoms with Crippen molar-refractivity contribution in [2.45, 2.75) is 32.4 Å². The van der Waals surface area contributed by atoms with E-state index in [1.165, 1.54) is 0 Å². The quantitative estimate of drug-likeness (QED) is 0.799. The van der Waals surface area contributed by atoms with Gasteiger partial charge in [0, 0.05) is 6.04 Å². The van der Waals surface area contributed by atoms with Gasteiger partial charge >= 0.3 is 0 Å². The van der Waals surface area contributed by atoms with Gasteiger partial charge in [0.05, 0.1) is 29.9 Å². The number of hydrogen-bond donors (Lipinski definition) is 0. The van der Waals surface area contributed by atoms with Gasteiger partial charge in [-0.15, -0.1) is 0 Å². The molecule has 0 radical (unpaired) electrons. The van der Waals surface area contributed by atoms with E-state index in [1.807, 2.05) is 0 Å². The highest BCUT2D eigenvalue weighted by atomic mass is 32.2. The van der Waals surface area contributed by atoms with Crippen LogP contribution >= 0.6 is 0 Å². The molecule has 1 unspecified atom stereocenters. The molecular formula is C14H19N3O4S. The summed E-state index contributed by atoms with van der Waals surface area (Å²) in [6, 6.07) is 1.80. The average molecular weight is 325 g/mol. The monoisotopic (exact) mass is 325 g/mol. The molecule has 2 aromatic rings. The van der Waals surface area contributed by atoms with Gasteiger partial charge in [0.25, 0.3) is 0 Å². The van der Waals surface area contributed by atoms with Crippen LogP contribution in [0.5, 0.6) is 0 Å². The van der Waals surface area contributed by atoms with Crippen molar-refractivity contribution in [2.24, 2.45) is 0 Å². The van der Waals surface area contributed by atoms with Crippen LogP contribution < -0.4 is 0 Å². The summed E-state index contributed by atoms with van der Waals surface area (Å²) >= 11 is 0. The Morgan fingerprint density at radius 1 is 1.45 bits per heavy atom. The maximum absolute atomic E-state index is 11.7. The summed E-state index contributed by atoms with van der Waals surface area (Å²) in [5, 5.41) is 3.94. The van der Waals surface area contributed by atoms with Crippen LogP contribution in [0.15, 0.2) is 27.5 Å². The minimum Gasteiger partial charge on any atom is -0.472 e. The normalized spacial score (nSPS) is 20.7. The van der Waals surface area contributed by atoms with Gasteiger partial charge in [-0.05, 0) is 25.5 Å². The number of hydrogen-bond acceptors (Lipinski definition) is 7. The van der Waals surface area contributed by atoms with E-state index < -0.39 is 9.84 Å². The van der Waals surface area contributed by atoms with E-state index in [-0.39, 0.29) is 17.5 Å². The second-order valence-electron chi connectivity index (χ2n) is 5.55. The first-order valence-corrected chi connectivity index (χ1v) is 9.19. The molecule has 3 heterocycles. The second-order valence-corrected chi connectivity index (χ2v) is 7.78. The molecule has 0 aromatic carbocycles. The third-order valence-electron chi connectivity index (χ3n) is 3.82. The van der Waals surface area contributed by atoms with E-state index in [9.17, 15) is 8.42 Å². The molecule has 1 fully saturated rings. The summed E-state index contributed by atoms with van der Waals surface area (Å²) in [7, 11) is -2.90. The van der Waals surface area contributed by atoms with Gasteiger partial charge in [-0.25, -0.2) is 8.42 Å². The van der Waals surface area contributed by atoms with E-state index in [0.717, 1.165) is 18.5 Å². The second kappa shape index (κ2) is 6.21. The van der Waals surface area contributed by atoms with Gasteiger partial charge in [-0.2, -0.15) is 4.98 Å². The number of nitrogens with zero attached hydrogens (tertiary/aromatic N) is 3. The van der Waals surface area contributed by atoms with Crippen molar-refractivity contribution >= 4 is 9.84 Å². The lowest BCUT2D eigenvalue weighted by molar-refractivity contribution is 0.178. The number of furan rings is 1. The molecule has 3 rings (SSSR count). The first-order chi connectivity index (χ1) is 10.6. The van der Waals surface area contributed by atoms with Crippen molar-refractivity contribution in [3.05, 3.63) is 24.5 Å². The lowest BCUT2D eigenvalue weighted by Crippen LogP contribution is -2.36. The third-order valence-corrected chi connectivity index (χ3v) is 5.57. The van der Waals surface area contributed by atoms with Gasteiger partial charge in [0.2, 0.25) is 11.7 Å². The molecule has 0 aliphatic carbocycles. The average Bonchev–Trinajstić information content (AvgIpc) is 3.17. The van der Waals surface area contributed by atoms with Crippen LogP contribution in [0.25, 0.3) is 11.4 Å². The van der Waals surface area contributed by atoms with Gasteiger partial charge in [-0.3, -0.25) is 4.90 Å². The molecule has 0 spiro atoms. The highest BCUT2D eigenvalue weighted by molar-refractivity contribution is 7.91. The molecule has 0 N–H and O–H groups in total. The Morgan fingerprint density at radius 3 is 2.95 bits per heavy atom. The van der Waals surface area contributed by atoms with Gasteiger partial charge < -0.3 is 8.94 Å². The summed E-state index contributed by atoms with van der Waals surface area (Å²) in [5.74, 6) is 1.46. The minimum absolute atomic E-state index is 0.0363. The Balaban J connectivity index is 1.71.